The highest BCUT2D eigenvalue weighted by Crippen LogP contribution is 2.24. The lowest BCUT2D eigenvalue weighted by Crippen LogP contribution is -2.48. The van der Waals surface area contributed by atoms with Crippen LogP contribution in [0.15, 0.2) is 0 Å². The first-order valence-electron chi connectivity index (χ1n) is 5.31. The first-order valence-corrected chi connectivity index (χ1v) is 5.31. The molecule has 0 aromatic carbocycles. The summed E-state index contributed by atoms with van der Waals surface area (Å²) in [5, 5.41) is 8.58. The number of carboxylic acids is 1. The molecule has 0 radical (unpaired) electrons. The zero-order valence-electron chi connectivity index (χ0n) is 9.42. The molecule has 1 heterocycles. The van der Waals surface area contributed by atoms with Crippen molar-refractivity contribution < 1.29 is 9.90 Å². The van der Waals surface area contributed by atoms with E-state index in [9.17, 15) is 4.79 Å². The van der Waals surface area contributed by atoms with Gasteiger partial charge < -0.3 is 10.0 Å². The molecule has 1 rings (SSSR count). The van der Waals surface area contributed by atoms with Crippen molar-refractivity contribution in [3.63, 3.8) is 0 Å². The zero-order valence-corrected chi connectivity index (χ0v) is 9.42. The van der Waals surface area contributed by atoms with Crippen molar-refractivity contribution >= 4 is 5.97 Å². The van der Waals surface area contributed by atoms with Gasteiger partial charge >= 0.3 is 5.97 Å². The molecule has 3 nitrogen and oxygen atoms in total. The fourth-order valence-electron chi connectivity index (χ4n) is 1.73. The molecule has 3 heteroatoms. The van der Waals surface area contributed by atoms with Gasteiger partial charge in [-0.2, -0.15) is 0 Å². The second-order valence-corrected chi connectivity index (χ2v) is 5.53. The maximum atomic E-state index is 10.4. The second kappa shape index (κ2) is 4.30. The van der Waals surface area contributed by atoms with Crippen molar-refractivity contribution in [2.45, 2.75) is 33.6 Å². The third-order valence-corrected chi connectivity index (χ3v) is 2.67. The molecule has 1 saturated heterocycles. The summed E-state index contributed by atoms with van der Waals surface area (Å²) in [7, 11) is 0. The van der Waals surface area contributed by atoms with Gasteiger partial charge in [-0.25, -0.2) is 0 Å². The van der Waals surface area contributed by atoms with E-state index in [1.807, 2.05) is 0 Å². The molecule has 0 spiro atoms. The summed E-state index contributed by atoms with van der Waals surface area (Å²) in [5.41, 5.74) is 0.387. The quantitative estimate of drug-likeness (QED) is 0.751. The van der Waals surface area contributed by atoms with E-state index >= 15 is 0 Å². The molecule has 82 valence electrons. The highest BCUT2D eigenvalue weighted by molar-refractivity contribution is 5.67. The van der Waals surface area contributed by atoms with E-state index in [1.54, 1.807) is 0 Å². The van der Waals surface area contributed by atoms with Crippen molar-refractivity contribution in [3.8, 4) is 0 Å². The van der Waals surface area contributed by atoms with E-state index in [-0.39, 0.29) is 0 Å². The number of rotatable bonds is 4. The van der Waals surface area contributed by atoms with Crippen molar-refractivity contribution in [2.75, 3.05) is 19.6 Å². The van der Waals surface area contributed by atoms with Gasteiger partial charge in [0.05, 0.1) is 6.42 Å². The van der Waals surface area contributed by atoms with Crippen LogP contribution in [-0.2, 0) is 4.79 Å². The largest absolute Gasteiger partial charge is 0.481 e. The molecular weight excluding hydrogens is 178 g/mol. The highest BCUT2D eigenvalue weighted by atomic mass is 16.4. The average Bonchev–Trinajstić information content (AvgIpc) is 1.90. The van der Waals surface area contributed by atoms with Gasteiger partial charge in [-0.3, -0.25) is 4.79 Å². The van der Waals surface area contributed by atoms with Crippen molar-refractivity contribution in [2.24, 2.45) is 11.3 Å². The maximum Gasteiger partial charge on any atom is 0.303 e. The Morgan fingerprint density at radius 3 is 2.43 bits per heavy atom. The van der Waals surface area contributed by atoms with Gasteiger partial charge in [0.25, 0.3) is 0 Å². The minimum atomic E-state index is -0.662. The molecule has 1 fully saturated rings. The number of aliphatic carboxylic acids is 1. The molecule has 0 amide bonds. The molecule has 1 aliphatic rings. The van der Waals surface area contributed by atoms with Crippen LogP contribution < -0.4 is 0 Å². The van der Waals surface area contributed by atoms with E-state index in [1.165, 1.54) is 6.42 Å². The van der Waals surface area contributed by atoms with Gasteiger partial charge in [0.2, 0.25) is 0 Å². The first-order chi connectivity index (χ1) is 6.37. The molecule has 0 unspecified atom stereocenters. The average molecular weight is 199 g/mol. The number of nitrogens with zero attached hydrogens (tertiary/aromatic N) is 1. The second-order valence-electron chi connectivity index (χ2n) is 5.53. The van der Waals surface area contributed by atoms with Gasteiger partial charge in [-0.15, -0.1) is 0 Å². The number of carboxylic acid groups (broad SMARTS) is 1. The topological polar surface area (TPSA) is 40.5 Å². The molecule has 0 aromatic rings. The molecule has 0 aliphatic carbocycles. The van der Waals surface area contributed by atoms with Crippen molar-refractivity contribution in [3.05, 3.63) is 0 Å². The Morgan fingerprint density at radius 1 is 1.43 bits per heavy atom. The minimum absolute atomic E-state index is 0.339. The number of hydrogen-bond acceptors (Lipinski definition) is 2. The fourth-order valence-corrected chi connectivity index (χ4v) is 1.73. The Labute approximate surface area is 86.1 Å². The van der Waals surface area contributed by atoms with Crippen molar-refractivity contribution in [1.82, 2.24) is 4.90 Å². The Balaban J connectivity index is 2.07. The van der Waals surface area contributed by atoms with Gasteiger partial charge in [-0.05, 0) is 24.3 Å². The van der Waals surface area contributed by atoms with Crippen molar-refractivity contribution in [1.29, 1.82) is 0 Å². The SMILES string of the molecule is CC(C)(C)CCN1CC(CC(=O)O)C1. The van der Waals surface area contributed by atoms with Crippen LogP contribution in [0.2, 0.25) is 0 Å². The van der Waals surface area contributed by atoms with Crippen LogP contribution >= 0.6 is 0 Å². The maximum absolute atomic E-state index is 10.4. The molecule has 0 saturated carbocycles. The molecule has 1 N–H and O–H groups in total. The molecule has 14 heavy (non-hydrogen) atoms. The lowest BCUT2D eigenvalue weighted by molar-refractivity contribution is -0.139. The standard InChI is InChI=1S/C11H21NO2/c1-11(2,3)4-5-12-7-9(8-12)6-10(13)14/h9H,4-8H2,1-3H3,(H,13,14). The van der Waals surface area contributed by atoms with Gasteiger partial charge in [0, 0.05) is 13.1 Å². The van der Waals surface area contributed by atoms with E-state index in [0.717, 1.165) is 19.6 Å². The summed E-state index contributed by atoms with van der Waals surface area (Å²) in [5.74, 6) is -0.266. The highest BCUT2D eigenvalue weighted by Gasteiger charge is 2.28. The minimum Gasteiger partial charge on any atom is -0.481 e. The molecule has 0 bridgehead atoms. The summed E-state index contributed by atoms with van der Waals surface area (Å²) < 4.78 is 0. The van der Waals surface area contributed by atoms with Crippen LogP contribution in [0, 0.1) is 11.3 Å². The molecule has 0 aromatic heterocycles. The predicted octanol–water partition coefficient (Wildman–Crippen LogP) is 1.83. The van der Waals surface area contributed by atoms with Crippen LogP contribution in [0.1, 0.15) is 33.6 Å². The van der Waals surface area contributed by atoms with Gasteiger partial charge in [-0.1, -0.05) is 20.8 Å². The van der Waals surface area contributed by atoms with Crippen LogP contribution in [0.4, 0.5) is 0 Å². The Bertz CT molecular complexity index is 202. The third kappa shape index (κ3) is 4.09. The van der Waals surface area contributed by atoms with Crippen LogP contribution in [0.5, 0.6) is 0 Å². The Morgan fingerprint density at radius 2 is 2.00 bits per heavy atom. The molecular formula is C11H21NO2. The fraction of sp³-hybridized carbons (Fsp3) is 0.909. The van der Waals surface area contributed by atoms with Crippen LogP contribution in [0.3, 0.4) is 0 Å². The van der Waals surface area contributed by atoms with Crippen LogP contribution in [0.25, 0.3) is 0 Å². The summed E-state index contributed by atoms with van der Waals surface area (Å²) in [6, 6.07) is 0. The lowest BCUT2D eigenvalue weighted by atomic mass is 9.90. The van der Waals surface area contributed by atoms with E-state index in [2.05, 4.69) is 25.7 Å². The summed E-state index contributed by atoms with van der Waals surface area (Å²) in [6.45, 7) is 9.77. The zero-order chi connectivity index (χ0) is 10.8. The lowest BCUT2D eigenvalue weighted by Gasteiger charge is -2.39. The monoisotopic (exact) mass is 199 g/mol. The summed E-state index contributed by atoms with van der Waals surface area (Å²) >= 11 is 0. The van der Waals surface area contributed by atoms with Crippen LogP contribution in [-0.4, -0.2) is 35.6 Å². The van der Waals surface area contributed by atoms with Gasteiger partial charge in [0.15, 0.2) is 0 Å². The molecule has 1 aliphatic heterocycles. The predicted molar refractivity (Wildman–Crippen MR) is 56.3 cm³/mol. The summed E-state index contributed by atoms with van der Waals surface area (Å²) in [6.07, 6.45) is 1.53. The van der Waals surface area contributed by atoms with E-state index in [4.69, 9.17) is 5.11 Å². The number of carbonyl (C=O) groups is 1. The van der Waals surface area contributed by atoms with Gasteiger partial charge in [0.1, 0.15) is 0 Å². The number of hydrogen-bond donors (Lipinski definition) is 1. The smallest absolute Gasteiger partial charge is 0.303 e. The molecule has 0 atom stereocenters. The summed E-state index contributed by atoms with van der Waals surface area (Å²) in [4.78, 5) is 12.8. The van der Waals surface area contributed by atoms with E-state index < -0.39 is 5.97 Å². The third-order valence-electron chi connectivity index (χ3n) is 2.67. The van der Waals surface area contributed by atoms with E-state index in [0.29, 0.717) is 17.8 Å². The Hall–Kier alpha value is -0.570. The normalized spacial score (nSPS) is 19.4. The first kappa shape index (κ1) is 11.5. The number of likely N-dealkylation sites (tertiary alicyclic amines) is 1. The Kier molecular flexibility index (Phi) is 3.53.